The normalized spacial score (nSPS) is 10.3. The van der Waals surface area contributed by atoms with E-state index in [9.17, 15) is 4.79 Å². The monoisotopic (exact) mass is 183 g/mol. The maximum atomic E-state index is 10.2. The Hall–Kier alpha value is -1.36. The highest BCUT2D eigenvalue weighted by atomic mass is 16.4. The lowest BCUT2D eigenvalue weighted by Gasteiger charge is -1.98. The molecule has 5 heteroatoms. The van der Waals surface area contributed by atoms with Crippen molar-refractivity contribution < 1.29 is 9.90 Å². The van der Waals surface area contributed by atoms with Crippen molar-refractivity contribution in [2.45, 2.75) is 13.5 Å². The van der Waals surface area contributed by atoms with E-state index in [0.717, 1.165) is 11.3 Å². The van der Waals surface area contributed by atoms with Crippen LogP contribution in [0, 0.1) is 6.92 Å². The van der Waals surface area contributed by atoms with Gasteiger partial charge in [-0.1, -0.05) is 0 Å². The number of aliphatic carboxylic acids is 1. The van der Waals surface area contributed by atoms with Crippen LogP contribution in [-0.4, -0.2) is 27.4 Å². The topological polar surface area (TPSA) is 67.2 Å². The van der Waals surface area contributed by atoms with Crippen LogP contribution in [0.4, 0.5) is 0 Å². The van der Waals surface area contributed by atoms with E-state index in [4.69, 9.17) is 5.11 Å². The van der Waals surface area contributed by atoms with Crippen molar-refractivity contribution in [3.63, 3.8) is 0 Å². The first-order chi connectivity index (χ1) is 6.09. The lowest BCUT2D eigenvalue weighted by atomic mass is 10.2. The number of hydrogen-bond donors (Lipinski definition) is 2. The summed E-state index contributed by atoms with van der Waals surface area (Å²) in [6, 6.07) is 0. The number of carboxylic acid groups (broad SMARTS) is 1. The van der Waals surface area contributed by atoms with Crippen molar-refractivity contribution in [3.8, 4) is 0 Å². The highest BCUT2D eigenvalue weighted by Gasteiger charge is 2.02. The van der Waals surface area contributed by atoms with Gasteiger partial charge in [-0.05, 0) is 6.92 Å². The molecule has 1 aromatic rings. The minimum absolute atomic E-state index is 0.0195. The molecule has 0 fully saturated rings. The van der Waals surface area contributed by atoms with Crippen LogP contribution in [0.15, 0.2) is 6.20 Å². The van der Waals surface area contributed by atoms with E-state index in [1.54, 1.807) is 4.68 Å². The van der Waals surface area contributed by atoms with Crippen molar-refractivity contribution in [1.29, 1.82) is 0 Å². The molecule has 0 amide bonds. The third-order valence-electron chi connectivity index (χ3n) is 1.71. The Bertz CT molecular complexity index is 306. The average molecular weight is 183 g/mol. The van der Waals surface area contributed by atoms with Gasteiger partial charge in [-0.2, -0.15) is 5.10 Å². The predicted octanol–water partition coefficient (Wildman–Crippen LogP) is -0.0973. The average Bonchev–Trinajstić information content (AvgIpc) is 2.29. The number of carboxylic acids is 1. The van der Waals surface area contributed by atoms with E-state index >= 15 is 0 Å². The van der Waals surface area contributed by atoms with Gasteiger partial charge in [0.05, 0.1) is 12.2 Å². The second-order valence-electron chi connectivity index (χ2n) is 2.91. The molecule has 5 nitrogen and oxygen atoms in total. The zero-order chi connectivity index (χ0) is 9.84. The summed E-state index contributed by atoms with van der Waals surface area (Å²) in [6.45, 7) is 2.43. The molecule has 0 spiro atoms. The van der Waals surface area contributed by atoms with Crippen LogP contribution in [0.3, 0.4) is 0 Å². The second kappa shape index (κ2) is 4.04. The number of hydrogen-bond acceptors (Lipinski definition) is 3. The molecule has 1 heterocycles. The Morgan fingerprint density at radius 3 is 2.92 bits per heavy atom. The van der Waals surface area contributed by atoms with Gasteiger partial charge < -0.3 is 10.4 Å². The molecule has 0 saturated carbocycles. The lowest BCUT2D eigenvalue weighted by molar-refractivity contribution is -0.135. The Labute approximate surface area is 76.4 Å². The molecule has 0 aliphatic heterocycles. The molecule has 1 rings (SSSR count). The van der Waals surface area contributed by atoms with Crippen molar-refractivity contribution in [2.75, 3.05) is 6.54 Å². The third-order valence-corrected chi connectivity index (χ3v) is 1.71. The van der Waals surface area contributed by atoms with E-state index in [0.29, 0.717) is 6.54 Å². The molecule has 0 bridgehead atoms. The number of nitrogens with one attached hydrogen (secondary N) is 1. The zero-order valence-electron chi connectivity index (χ0n) is 7.74. The Morgan fingerprint density at radius 2 is 2.46 bits per heavy atom. The van der Waals surface area contributed by atoms with Gasteiger partial charge >= 0.3 is 5.97 Å². The largest absolute Gasteiger partial charge is 0.480 e. The van der Waals surface area contributed by atoms with Crippen LogP contribution in [0.1, 0.15) is 11.3 Å². The quantitative estimate of drug-likeness (QED) is 0.684. The van der Waals surface area contributed by atoms with Crippen molar-refractivity contribution >= 4 is 5.97 Å². The highest BCUT2D eigenvalue weighted by Crippen LogP contribution is 2.02. The molecular formula is C8H13N3O2. The fourth-order valence-electron chi connectivity index (χ4n) is 1.13. The molecule has 0 radical (unpaired) electrons. The SMILES string of the molecule is Cc1nn(C)cc1CNCC(=O)O. The summed E-state index contributed by atoms with van der Waals surface area (Å²) in [5.41, 5.74) is 1.96. The van der Waals surface area contributed by atoms with E-state index < -0.39 is 5.97 Å². The van der Waals surface area contributed by atoms with E-state index in [1.807, 2.05) is 20.2 Å². The maximum absolute atomic E-state index is 10.2. The molecule has 0 aromatic carbocycles. The van der Waals surface area contributed by atoms with Crippen LogP contribution in [0.25, 0.3) is 0 Å². The van der Waals surface area contributed by atoms with Crippen molar-refractivity contribution in [2.24, 2.45) is 7.05 Å². The molecule has 0 aliphatic rings. The van der Waals surface area contributed by atoms with Gasteiger partial charge in [-0.15, -0.1) is 0 Å². The van der Waals surface area contributed by atoms with E-state index in [1.165, 1.54) is 0 Å². The molecule has 72 valence electrons. The zero-order valence-corrected chi connectivity index (χ0v) is 7.74. The number of rotatable bonds is 4. The third kappa shape index (κ3) is 2.87. The molecular weight excluding hydrogens is 170 g/mol. The van der Waals surface area contributed by atoms with Gasteiger partial charge in [-0.3, -0.25) is 9.48 Å². The van der Waals surface area contributed by atoms with Gasteiger partial charge in [0.25, 0.3) is 0 Å². The standard InChI is InChI=1S/C8H13N3O2/c1-6-7(5-11(2)10-6)3-9-4-8(12)13/h5,9H,3-4H2,1-2H3,(H,12,13). The number of carbonyl (C=O) groups is 1. The summed E-state index contributed by atoms with van der Waals surface area (Å²) < 4.78 is 1.72. The Morgan fingerprint density at radius 1 is 1.77 bits per heavy atom. The van der Waals surface area contributed by atoms with Crippen LogP contribution < -0.4 is 5.32 Å². The summed E-state index contributed by atoms with van der Waals surface area (Å²) in [6.07, 6.45) is 1.88. The molecule has 2 N–H and O–H groups in total. The Balaban J connectivity index is 2.45. The first-order valence-corrected chi connectivity index (χ1v) is 4.01. The fourth-order valence-corrected chi connectivity index (χ4v) is 1.13. The fraction of sp³-hybridized carbons (Fsp3) is 0.500. The molecule has 13 heavy (non-hydrogen) atoms. The minimum Gasteiger partial charge on any atom is -0.480 e. The van der Waals surface area contributed by atoms with Gasteiger partial charge in [0.1, 0.15) is 0 Å². The summed E-state index contributed by atoms with van der Waals surface area (Å²) in [7, 11) is 1.84. The summed E-state index contributed by atoms with van der Waals surface area (Å²) in [4.78, 5) is 10.2. The minimum atomic E-state index is -0.846. The number of aryl methyl sites for hydroxylation is 2. The number of nitrogens with zero attached hydrogens (tertiary/aromatic N) is 2. The van der Waals surface area contributed by atoms with Crippen LogP contribution in [-0.2, 0) is 18.4 Å². The molecule has 0 unspecified atom stereocenters. The molecule has 0 saturated heterocycles. The first kappa shape index (κ1) is 9.73. The van der Waals surface area contributed by atoms with Crippen LogP contribution >= 0.6 is 0 Å². The summed E-state index contributed by atoms with van der Waals surface area (Å²) >= 11 is 0. The summed E-state index contributed by atoms with van der Waals surface area (Å²) in [5.74, 6) is -0.846. The number of aromatic nitrogens is 2. The van der Waals surface area contributed by atoms with E-state index in [2.05, 4.69) is 10.4 Å². The van der Waals surface area contributed by atoms with Crippen molar-refractivity contribution in [1.82, 2.24) is 15.1 Å². The van der Waals surface area contributed by atoms with Gasteiger partial charge in [0, 0.05) is 25.4 Å². The lowest BCUT2D eigenvalue weighted by Crippen LogP contribution is -2.21. The van der Waals surface area contributed by atoms with Crippen LogP contribution in [0.5, 0.6) is 0 Å². The highest BCUT2D eigenvalue weighted by molar-refractivity contribution is 5.68. The maximum Gasteiger partial charge on any atom is 0.317 e. The molecule has 0 aliphatic carbocycles. The van der Waals surface area contributed by atoms with Gasteiger partial charge in [0.15, 0.2) is 0 Å². The summed E-state index contributed by atoms with van der Waals surface area (Å²) in [5, 5.41) is 15.3. The van der Waals surface area contributed by atoms with Gasteiger partial charge in [0.2, 0.25) is 0 Å². The predicted molar refractivity (Wildman–Crippen MR) is 47.3 cm³/mol. The first-order valence-electron chi connectivity index (χ1n) is 4.01. The molecule has 0 atom stereocenters. The van der Waals surface area contributed by atoms with Crippen LogP contribution in [0.2, 0.25) is 0 Å². The van der Waals surface area contributed by atoms with Gasteiger partial charge in [-0.25, -0.2) is 0 Å². The second-order valence-corrected chi connectivity index (χ2v) is 2.91. The van der Waals surface area contributed by atoms with E-state index in [-0.39, 0.29) is 6.54 Å². The molecule has 1 aromatic heterocycles. The smallest absolute Gasteiger partial charge is 0.317 e. The van der Waals surface area contributed by atoms with Crippen molar-refractivity contribution in [3.05, 3.63) is 17.5 Å². The Kier molecular flexibility index (Phi) is 3.02.